The van der Waals surface area contributed by atoms with Crippen LogP contribution in [-0.2, 0) is 0 Å². The van der Waals surface area contributed by atoms with Crippen molar-refractivity contribution in [2.75, 3.05) is 0 Å². The number of Topliss-reactive ketones (excluding diaryl/α,β-unsaturated/α-hetero) is 1. The van der Waals surface area contributed by atoms with Crippen LogP contribution in [0.2, 0.25) is 0 Å². The van der Waals surface area contributed by atoms with Gasteiger partial charge >= 0.3 is 0 Å². The predicted octanol–water partition coefficient (Wildman–Crippen LogP) is 0.545. The molecule has 0 spiro atoms. The highest BCUT2D eigenvalue weighted by Gasteiger charge is 2.09. The number of nitrogens with one attached hydrogen (secondary N) is 1. The second-order valence-electron chi connectivity index (χ2n) is 2.24. The molecule has 0 aromatic carbocycles. The molecule has 0 aliphatic heterocycles. The lowest BCUT2D eigenvalue weighted by Gasteiger charge is -1.99. The maximum Gasteiger partial charge on any atom is 0.195 e. The van der Waals surface area contributed by atoms with Crippen LogP contribution >= 0.6 is 0 Å². The van der Waals surface area contributed by atoms with E-state index < -0.39 is 6.04 Å². The predicted molar refractivity (Wildman–Crippen MR) is 38.8 cm³/mol. The molecule has 0 radical (unpaired) electrons. The van der Waals surface area contributed by atoms with E-state index >= 15 is 0 Å². The van der Waals surface area contributed by atoms with Crippen LogP contribution in [0.15, 0.2) is 18.3 Å². The number of hydrogen-bond acceptors (Lipinski definition) is 2. The molecule has 1 atom stereocenters. The van der Waals surface area contributed by atoms with Crippen molar-refractivity contribution in [2.45, 2.75) is 13.0 Å². The molecule has 54 valence electrons. The summed E-state index contributed by atoms with van der Waals surface area (Å²) in [7, 11) is 0. The molecule has 1 aromatic rings. The van der Waals surface area contributed by atoms with E-state index in [2.05, 4.69) is 4.98 Å². The van der Waals surface area contributed by atoms with Crippen LogP contribution in [0.4, 0.5) is 0 Å². The van der Waals surface area contributed by atoms with Crippen molar-refractivity contribution >= 4 is 5.78 Å². The number of aromatic amines is 1. The Morgan fingerprint density at radius 1 is 1.80 bits per heavy atom. The third kappa shape index (κ3) is 1.25. The van der Waals surface area contributed by atoms with Crippen molar-refractivity contribution in [2.24, 2.45) is 5.73 Å². The van der Waals surface area contributed by atoms with E-state index in [1.165, 1.54) is 0 Å². The molecule has 10 heavy (non-hydrogen) atoms. The van der Waals surface area contributed by atoms with Gasteiger partial charge in [-0.05, 0) is 19.1 Å². The van der Waals surface area contributed by atoms with Gasteiger partial charge in [0.15, 0.2) is 5.78 Å². The Bertz CT molecular complexity index is 214. The van der Waals surface area contributed by atoms with Crippen LogP contribution < -0.4 is 5.73 Å². The lowest BCUT2D eigenvalue weighted by Crippen LogP contribution is -2.26. The van der Waals surface area contributed by atoms with Gasteiger partial charge in [0.1, 0.15) is 0 Å². The minimum Gasteiger partial charge on any atom is -0.359 e. The fourth-order valence-corrected chi connectivity index (χ4v) is 0.729. The molecule has 1 rings (SSSR count). The molecular formula is C7H10N2O. The summed E-state index contributed by atoms with van der Waals surface area (Å²) in [4.78, 5) is 13.8. The maximum atomic E-state index is 11.0. The largest absolute Gasteiger partial charge is 0.359 e. The van der Waals surface area contributed by atoms with Gasteiger partial charge in [-0.25, -0.2) is 0 Å². The van der Waals surface area contributed by atoms with Gasteiger partial charge in [-0.2, -0.15) is 0 Å². The summed E-state index contributed by atoms with van der Waals surface area (Å²) in [5, 5.41) is 0. The molecule has 0 bridgehead atoms. The summed E-state index contributed by atoms with van der Waals surface area (Å²) in [5.41, 5.74) is 5.94. The molecule has 0 amide bonds. The van der Waals surface area contributed by atoms with Crippen LogP contribution in [-0.4, -0.2) is 16.8 Å². The number of rotatable bonds is 2. The van der Waals surface area contributed by atoms with Gasteiger partial charge in [-0.15, -0.1) is 0 Å². The Hall–Kier alpha value is -1.09. The van der Waals surface area contributed by atoms with Crippen molar-refractivity contribution in [3.05, 3.63) is 24.0 Å². The summed E-state index contributed by atoms with van der Waals surface area (Å²) in [6.45, 7) is 1.67. The maximum absolute atomic E-state index is 11.0. The molecule has 0 aliphatic rings. The Balaban J connectivity index is 2.78. The molecule has 1 aromatic heterocycles. The van der Waals surface area contributed by atoms with Gasteiger partial charge in [0.25, 0.3) is 0 Å². The quantitative estimate of drug-likeness (QED) is 0.586. The molecule has 1 heterocycles. The van der Waals surface area contributed by atoms with E-state index in [-0.39, 0.29) is 5.78 Å². The monoisotopic (exact) mass is 138 g/mol. The number of hydrogen-bond donors (Lipinski definition) is 2. The summed E-state index contributed by atoms with van der Waals surface area (Å²) >= 11 is 0. The molecular weight excluding hydrogens is 128 g/mol. The van der Waals surface area contributed by atoms with Gasteiger partial charge in [0, 0.05) is 6.20 Å². The van der Waals surface area contributed by atoms with E-state index in [0.717, 1.165) is 0 Å². The van der Waals surface area contributed by atoms with Crippen LogP contribution in [0.3, 0.4) is 0 Å². The number of carbonyl (C=O) groups excluding carboxylic acids is 1. The van der Waals surface area contributed by atoms with Crippen molar-refractivity contribution in [3.8, 4) is 0 Å². The first-order chi connectivity index (χ1) is 4.72. The minimum atomic E-state index is -0.418. The Morgan fingerprint density at radius 3 is 2.90 bits per heavy atom. The Labute approximate surface area is 59.2 Å². The fraction of sp³-hybridized carbons (Fsp3) is 0.286. The average molecular weight is 138 g/mol. The van der Waals surface area contributed by atoms with Gasteiger partial charge in [0.2, 0.25) is 0 Å². The Morgan fingerprint density at radius 2 is 2.50 bits per heavy atom. The van der Waals surface area contributed by atoms with E-state index in [1.54, 1.807) is 25.3 Å². The Kier molecular flexibility index (Phi) is 1.87. The third-order valence-electron chi connectivity index (χ3n) is 1.28. The van der Waals surface area contributed by atoms with Crippen molar-refractivity contribution in [1.82, 2.24) is 4.98 Å². The van der Waals surface area contributed by atoms with Gasteiger partial charge < -0.3 is 10.7 Å². The highest BCUT2D eigenvalue weighted by atomic mass is 16.1. The van der Waals surface area contributed by atoms with Crippen LogP contribution in [0.25, 0.3) is 0 Å². The smallest absolute Gasteiger partial charge is 0.195 e. The lowest BCUT2D eigenvalue weighted by atomic mass is 10.2. The molecule has 0 saturated heterocycles. The summed E-state index contributed by atoms with van der Waals surface area (Å²) in [6, 6.07) is 3.07. The molecule has 3 N–H and O–H groups in total. The highest BCUT2D eigenvalue weighted by Crippen LogP contribution is 1.97. The van der Waals surface area contributed by atoms with Gasteiger partial charge in [-0.1, -0.05) is 0 Å². The number of carbonyl (C=O) groups is 1. The molecule has 3 heteroatoms. The van der Waals surface area contributed by atoms with Crippen LogP contribution in [0.5, 0.6) is 0 Å². The zero-order valence-electron chi connectivity index (χ0n) is 5.79. The number of ketones is 1. The topological polar surface area (TPSA) is 58.9 Å². The van der Waals surface area contributed by atoms with E-state index in [4.69, 9.17) is 5.73 Å². The average Bonchev–Trinajstić information content (AvgIpc) is 2.36. The van der Waals surface area contributed by atoms with E-state index in [9.17, 15) is 4.79 Å². The second kappa shape index (κ2) is 2.66. The molecule has 0 fully saturated rings. The van der Waals surface area contributed by atoms with E-state index in [1.807, 2.05) is 0 Å². The first-order valence-electron chi connectivity index (χ1n) is 3.15. The fourth-order valence-electron chi connectivity index (χ4n) is 0.729. The van der Waals surface area contributed by atoms with Gasteiger partial charge in [-0.3, -0.25) is 4.79 Å². The highest BCUT2D eigenvalue weighted by molar-refractivity contribution is 5.98. The standard InChI is InChI=1S/C7H10N2O/c1-5(8)7(10)6-3-2-4-9-6/h2-5,9H,8H2,1H3/t5-/m0/s1. The first-order valence-corrected chi connectivity index (χ1v) is 3.15. The summed E-state index contributed by atoms with van der Waals surface area (Å²) < 4.78 is 0. The number of H-pyrrole nitrogens is 1. The molecule has 3 nitrogen and oxygen atoms in total. The van der Waals surface area contributed by atoms with Crippen LogP contribution in [0.1, 0.15) is 17.4 Å². The van der Waals surface area contributed by atoms with Crippen molar-refractivity contribution in [3.63, 3.8) is 0 Å². The molecule has 0 saturated carbocycles. The van der Waals surface area contributed by atoms with E-state index in [0.29, 0.717) is 5.69 Å². The zero-order chi connectivity index (χ0) is 7.56. The third-order valence-corrected chi connectivity index (χ3v) is 1.28. The molecule has 0 aliphatic carbocycles. The van der Waals surface area contributed by atoms with Crippen LogP contribution in [0, 0.1) is 0 Å². The second-order valence-corrected chi connectivity index (χ2v) is 2.24. The molecule has 0 unspecified atom stereocenters. The first kappa shape index (κ1) is 7.02. The summed E-state index contributed by atoms with van der Waals surface area (Å²) in [6.07, 6.45) is 1.70. The minimum absolute atomic E-state index is 0.0509. The van der Waals surface area contributed by atoms with Crippen molar-refractivity contribution < 1.29 is 4.79 Å². The normalized spacial score (nSPS) is 13.0. The van der Waals surface area contributed by atoms with Gasteiger partial charge in [0.05, 0.1) is 11.7 Å². The number of aromatic nitrogens is 1. The van der Waals surface area contributed by atoms with Crippen molar-refractivity contribution in [1.29, 1.82) is 0 Å². The zero-order valence-corrected chi connectivity index (χ0v) is 5.79. The number of nitrogens with two attached hydrogens (primary N) is 1. The lowest BCUT2D eigenvalue weighted by molar-refractivity contribution is 0.0963. The summed E-state index contributed by atoms with van der Waals surface area (Å²) in [5.74, 6) is -0.0509. The SMILES string of the molecule is C[C@H](N)C(=O)c1ccc[nH]1.